The summed E-state index contributed by atoms with van der Waals surface area (Å²) in [6.07, 6.45) is 2.02. The Labute approximate surface area is 176 Å². The molecule has 146 valence electrons. The van der Waals surface area contributed by atoms with E-state index in [0.29, 0.717) is 0 Å². The van der Waals surface area contributed by atoms with Crippen LogP contribution in [0.15, 0.2) is 100 Å². The van der Waals surface area contributed by atoms with Crippen LogP contribution in [-0.4, -0.2) is 11.2 Å². The van der Waals surface area contributed by atoms with E-state index in [-0.39, 0.29) is 6.04 Å². The minimum Gasteiger partial charge on any atom is -0.464 e. The number of hydrogen-bond acceptors (Lipinski definition) is 3. The largest absolute Gasteiger partial charge is 0.464 e. The van der Waals surface area contributed by atoms with Gasteiger partial charge >= 0.3 is 0 Å². The number of rotatable bonds is 3. The van der Waals surface area contributed by atoms with Crippen LogP contribution in [0.5, 0.6) is 0 Å². The molecule has 1 unspecified atom stereocenters. The zero-order valence-electron chi connectivity index (χ0n) is 16.8. The highest BCUT2D eigenvalue weighted by Gasteiger charge is 2.55. The average molecular weight is 390 g/mol. The number of fused-ring (bicyclic) bond motifs is 5. The molecule has 0 fully saturated rings. The SMILES string of the molecule is Cc1ccc(C2N(Cc3ccccc3)C=NC23c2ccccc2-c2ccccc23)o1. The summed E-state index contributed by atoms with van der Waals surface area (Å²) < 4.78 is 6.23. The topological polar surface area (TPSA) is 28.7 Å². The normalized spacial score (nSPS) is 18.0. The molecule has 1 atom stereocenters. The van der Waals surface area contributed by atoms with Gasteiger partial charge in [0.1, 0.15) is 23.1 Å². The Morgan fingerprint density at radius 1 is 0.800 bits per heavy atom. The van der Waals surface area contributed by atoms with Crippen LogP contribution in [0.2, 0.25) is 0 Å². The van der Waals surface area contributed by atoms with Gasteiger partial charge in [-0.05, 0) is 46.9 Å². The van der Waals surface area contributed by atoms with Crippen LogP contribution in [0, 0.1) is 6.92 Å². The Bertz CT molecular complexity index is 1210. The molecule has 0 saturated carbocycles. The van der Waals surface area contributed by atoms with E-state index in [4.69, 9.17) is 9.41 Å². The van der Waals surface area contributed by atoms with Crippen molar-refractivity contribution < 1.29 is 4.42 Å². The Balaban J connectivity index is 1.57. The summed E-state index contributed by atoms with van der Waals surface area (Å²) in [7, 11) is 0. The van der Waals surface area contributed by atoms with Crippen molar-refractivity contribution in [3.8, 4) is 11.1 Å². The first-order valence-corrected chi connectivity index (χ1v) is 10.4. The van der Waals surface area contributed by atoms with Crippen molar-refractivity contribution in [1.82, 2.24) is 4.90 Å². The molecular weight excluding hydrogens is 368 g/mol. The third-order valence-corrected chi connectivity index (χ3v) is 6.34. The summed E-state index contributed by atoms with van der Waals surface area (Å²) in [5.74, 6) is 1.87. The lowest BCUT2D eigenvalue weighted by Gasteiger charge is -2.35. The molecule has 3 aromatic carbocycles. The highest BCUT2D eigenvalue weighted by Crippen LogP contribution is 2.59. The molecule has 0 amide bonds. The molecular formula is C27H22N2O. The maximum Gasteiger partial charge on any atom is 0.141 e. The van der Waals surface area contributed by atoms with Gasteiger partial charge in [0, 0.05) is 6.54 Å². The van der Waals surface area contributed by atoms with Crippen molar-refractivity contribution in [3.05, 3.63) is 119 Å². The van der Waals surface area contributed by atoms with Gasteiger partial charge in [0.15, 0.2) is 0 Å². The molecule has 1 aromatic heterocycles. The molecule has 3 nitrogen and oxygen atoms in total. The Hall–Kier alpha value is -3.59. The lowest BCUT2D eigenvalue weighted by molar-refractivity contribution is 0.224. The number of hydrogen-bond donors (Lipinski definition) is 0. The number of aryl methyl sites for hydroxylation is 1. The van der Waals surface area contributed by atoms with Crippen molar-refractivity contribution in [2.45, 2.75) is 25.0 Å². The van der Waals surface area contributed by atoms with Crippen LogP contribution >= 0.6 is 0 Å². The van der Waals surface area contributed by atoms with Gasteiger partial charge in [0.2, 0.25) is 0 Å². The number of nitrogens with zero attached hydrogens (tertiary/aromatic N) is 2. The molecule has 0 radical (unpaired) electrons. The zero-order chi connectivity index (χ0) is 20.1. The first-order chi connectivity index (χ1) is 14.8. The van der Waals surface area contributed by atoms with E-state index in [9.17, 15) is 0 Å². The molecule has 0 N–H and O–H groups in total. The smallest absolute Gasteiger partial charge is 0.141 e. The number of aliphatic imine (C=N–C) groups is 1. The molecule has 2 aliphatic rings. The molecule has 1 spiro atoms. The quantitative estimate of drug-likeness (QED) is 0.423. The summed E-state index contributed by atoms with van der Waals surface area (Å²) in [6, 6.07) is 32.0. The lowest BCUT2D eigenvalue weighted by atomic mass is 9.80. The minimum absolute atomic E-state index is 0.0452. The summed E-state index contributed by atoms with van der Waals surface area (Å²) in [5, 5.41) is 0. The molecule has 3 heteroatoms. The molecule has 1 aliphatic heterocycles. The Morgan fingerprint density at radius 3 is 2.07 bits per heavy atom. The first kappa shape index (κ1) is 17.3. The zero-order valence-corrected chi connectivity index (χ0v) is 16.8. The van der Waals surface area contributed by atoms with Gasteiger partial charge in [-0.1, -0.05) is 78.9 Å². The van der Waals surface area contributed by atoms with Gasteiger partial charge in [0.05, 0.1) is 6.34 Å². The fourth-order valence-corrected chi connectivity index (χ4v) is 5.12. The fourth-order valence-electron chi connectivity index (χ4n) is 5.12. The standard InChI is InChI=1S/C27H22N2O/c1-19-15-16-25(30-19)26-27(28-18-29(26)17-20-9-3-2-4-10-20)23-13-7-5-11-21(23)22-12-6-8-14-24(22)27/h2-16,18,26H,17H2,1H3. The monoisotopic (exact) mass is 390 g/mol. The maximum absolute atomic E-state index is 6.23. The molecule has 1 aliphatic carbocycles. The Kier molecular flexibility index (Phi) is 3.72. The molecule has 30 heavy (non-hydrogen) atoms. The van der Waals surface area contributed by atoms with Crippen LogP contribution in [-0.2, 0) is 12.1 Å². The number of benzene rings is 3. The Morgan fingerprint density at radius 2 is 1.43 bits per heavy atom. The van der Waals surface area contributed by atoms with Crippen molar-refractivity contribution in [2.24, 2.45) is 4.99 Å². The maximum atomic E-state index is 6.23. The predicted molar refractivity (Wildman–Crippen MR) is 119 cm³/mol. The second-order valence-corrected chi connectivity index (χ2v) is 8.11. The van der Waals surface area contributed by atoms with E-state index < -0.39 is 5.54 Å². The van der Waals surface area contributed by atoms with Gasteiger partial charge in [-0.15, -0.1) is 0 Å². The van der Waals surface area contributed by atoms with E-state index in [1.807, 2.05) is 13.3 Å². The third-order valence-electron chi connectivity index (χ3n) is 6.34. The van der Waals surface area contributed by atoms with Gasteiger partial charge < -0.3 is 9.32 Å². The van der Waals surface area contributed by atoms with Crippen molar-refractivity contribution >= 4 is 6.34 Å². The van der Waals surface area contributed by atoms with Crippen molar-refractivity contribution in [3.63, 3.8) is 0 Å². The van der Waals surface area contributed by atoms with E-state index in [1.165, 1.54) is 27.8 Å². The minimum atomic E-state index is -0.508. The van der Waals surface area contributed by atoms with E-state index in [2.05, 4.69) is 95.9 Å². The molecule has 0 saturated heterocycles. The van der Waals surface area contributed by atoms with E-state index in [1.54, 1.807) is 0 Å². The second-order valence-electron chi connectivity index (χ2n) is 8.11. The first-order valence-electron chi connectivity index (χ1n) is 10.4. The van der Waals surface area contributed by atoms with Gasteiger partial charge in [-0.3, -0.25) is 4.99 Å². The fraction of sp³-hybridized carbons (Fsp3) is 0.148. The van der Waals surface area contributed by atoms with Crippen molar-refractivity contribution in [2.75, 3.05) is 0 Å². The van der Waals surface area contributed by atoms with Crippen LogP contribution < -0.4 is 0 Å². The van der Waals surface area contributed by atoms with Crippen LogP contribution in [0.4, 0.5) is 0 Å². The van der Waals surface area contributed by atoms with Crippen LogP contribution in [0.3, 0.4) is 0 Å². The summed E-state index contributed by atoms with van der Waals surface area (Å²) >= 11 is 0. The average Bonchev–Trinajstić information content (AvgIpc) is 3.45. The summed E-state index contributed by atoms with van der Waals surface area (Å²) in [4.78, 5) is 7.56. The summed E-state index contributed by atoms with van der Waals surface area (Å²) in [6.45, 7) is 2.78. The highest BCUT2D eigenvalue weighted by molar-refractivity contribution is 5.84. The molecule has 2 heterocycles. The highest BCUT2D eigenvalue weighted by atomic mass is 16.3. The predicted octanol–water partition coefficient (Wildman–Crippen LogP) is 6.10. The van der Waals surface area contributed by atoms with Crippen LogP contribution in [0.25, 0.3) is 11.1 Å². The van der Waals surface area contributed by atoms with Crippen molar-refractivity contribution in [1.29, 1.82) is 0 Å². The van der Waals surface area contributed by atoms with Gasteiger partial charge in [0.25, 0.3) is 0 Å². The van der Waals surface area contributed by atoms with Crippen LogP contribution in [0.1, 0.15) is 34.3 Å². The van der Waals surface area contributed by atoms with Gasteiger partial charge in [-0.25, -0.2) is 0 Å². The summed E-state index contributed by atoms with van der Waals surface area (Å²) in [5.41, 5.74) is 5.77. The van der Waals surface area contributed by atoms with E-state index in [0.717, 1.165) is 18.1 Å². The van der Waals surface area contributed by atoms with Gasteiger partial charge in [-0.2, -0.15) is 0 Å². The lowest BCUT2D eigenvalue weighted by Crippen LogP contribution is -2.36. The molecule has 0 bridgehead atoms. The molecule has 4 aromatic rings. The second kappa shape index (κ2) is 6.46. The molecule has 6 rings (SSSR count). The third kappa shape index (κ3) is 2.35. The van der Waals surface area contributed by atoms with E-state index >= 15 is 0 Å². The number of furan rings is 1.